The van der Waals surface area contributed by atoms with Crippen LogP contribution in [0.3, 0.4) is 0 Å². The van der Waals surface area contributed by atoms with E-state index in [2.05, 4.69) is 17.2 Å². The standard InChI is InChI=1S/C19H24N4O2S/c1-2-15-9-21-17(26-15)6-7-20-19(25)22-10-13-8-14(12-22)16-4-3-5-18(24)23(16)11-13/h3-5,9,13-14H,2,6-8,10-12H2,1H3,(H,20,25)/t13-,14+/m0/s1. The maximum Gasteiger partial charge on any atom is 0.317 e. The first-order valence-electron chi connectivity index (χ1n) is 9.30. The average molecular weight is 372 g/mol. The predicted molar refractivity (Wildman–Crippen MR) is 102 cm³/mol. The summed E-state index contributed by atoms with van der Waals surface area (Å²) in [5.41, 5.74) is 1.14. The Bertz CT molecular complexity index is 859. The number of likely N-dealkylation sites (tertiary alicyclic amines) is 1. The van der Waals surface area contributed by atoms with Crippen molar-refractivity contribution in [2.24, 2.45) is 5.92 Å². The SMILES string of the molecule is CCc1cnc(CCNC(=O)N2C[C@@H]3C[C@H](C2)c2cccc(=O)n2C3)s1. The molecule has 2 atom stereocenters. The van der Waals surface area contributed by atoms with Crippen LogP contribution in [0.5, 0.6) is 0 Å². The Hall–Kier alpha value is -2.15. The molecule has 1 fully saturated rings. The first-order chi connectivity index (χ1) is 12.6. The van der Waals surface area contributed by atoms with Gasteiger partial charge in [0.1, 0.15) is 0 Å². The highest BCUT2D eigenvalue weighted by Crippen LogP contribution is 2.34. The maximum atomic E-state index is 12.6. The smallest absolute Gasteiger partial charge is 0.317 e. The molecule has 0 aromatic carbocycles. The number of hydrogen-bond donors (Lipinski definition) is 1. The first-order valence-corrected chi connectivity index (χ1v) is 10.1. The summed E-state index contributed by atoms with van der Waals surface area (Å²) < 4.78 is 1.89. The van der Waals surface area contributed by atoms with Crippen LogP contribution in [0.2, 0.25) is 0 Å². The molecule has 138 valence electrons. The van der Waals surface area contributed by atoms with Gasteiger partial charge in [-0.15, -0.1) is 11.3 Å². The number of piperidine rings is 1. The topological polar surface area (TPSA) is 67.2 Å². The van der Waals surface area contributed by atoms with E-state index in [-0.39, 0.29) is 17.5 Å². The highest BCUT2D eigenvalue weighted by atomic mass is 32.1. The van der Waals surface area contributed by atoms with Gasteiger partial charge < -0.3 is 14.8 Å². The van der Waals surface area contributed by atoms with Crippen molar-refractivity contribution in [3.05, 3.63) is 50.3 Å². The largest absolute Gasteiger partial charge is 0.338 e. The Kier molecular flexibility index (Phi) is 4.80. The fraction of sp³-hybridized carbons (Fsp3) is 0.526. The lowest BCUT2D eigenvalue weighted by atomic mass is 9.83. The summed E-state index contributed by atoms with van der Waals surface area (Å²) in [7, 11) is 0. The minimum absolute atomic E-state index is 0.00120. The Morgan fingerprint density at radius 1 is 1.35 bits per heavy atom. The van der Waals surface area contributed by atoms with Gasteiger partial charge in [0.25, 0.3) is 5.56 Å². The van der Waals surface area contributed by atoms with Crippen molar-refractivity contribution in [1.82, 2.24) is 19.8 Å². The lowest BCUT2D eigenvalue weighted by Crippen LogP contribution is -2.52. The number of carbonyl (C=O) groups is 1. The van der Waals surface area contributed by atoms with Crippen LogP contribution >= 0.6 is 11.3 Å². The van der Waals surface area contributed by atoms with Gasteiger partial charge in [-0.05, 0) is 24.8 Å². The van der Waals surface area contributed by atoms with Crippen molar-refractivity contribution in [3.63, 3.8) is 0 Å². The fourth-order valence-corrected chi connectivity index (χ4v) is 4.94. The fourth-order valence-electron chi connectivity index (χ4n) is 4.08. The van der Waals surface area contributed by atoms with Gasteiger partial charge in [0.2, 0.25) is 0 Å². The lowest BCUT2D eigenvalue weighted by Gasteiger charge is -2.42. The quantitative estimate of drug-likeness (QED) is 0.895. The summed E-state index contributed by atoms with van der Waals surface area (Å²) in [6, 6.07) is 5.47. The molecule has 0 spiro atoms. The van der Waals surface area contributed by atoms with Crippen molar-refractivity contribution >= 4 is 17.4 Å². The molecule has 2 bridgehead atoms. The molecule has 2 amide bonds. The van der Waals surface area contributed by atoms with E-state index in [1.54, 1.807) is 17.4 Å². The zero-order chi connectivity index (χ0) is 18.1. The van der Waals surface area contributed by atoms with Gasteiger partial charge in [-0.25, -0.2) is 9.78 Å². The van der Waals surface area contributed by atoms with E-state index in [9.17, 15) is 9.59 Å². The van der Waals surface area contributed by atoms with Crippen LogP contribution in [0, 0.1) is 5.92 Å². The number of thiazole rings is 1. The molecule has 2 aliphatic rings. The van der Waals surface area contributed by atoms with E-state index >= 15 is 0 Å². The number of pyridine rings is 1. The molecular formula is C19H24N4O2S. The molecule has 2 aromatic rings. The first kappa shape index (κ1) is 17.3. The normalized spacial score (nSPS) is 21.3. The highest BCUT2D eigenvalue weighted by Gasteiger charge is 2.36. The Labute approximate surface area is 156 Å². The highest BCUT2D eigenvalue weighted by molar-refractivity contribution is 7.11. The second kappa shape index (κ2) is 7.23. The zero-order valence-corrected chi connectivity index (χ0v) is 15.8. The van der Waals surface area contributed by atoms with E-state index in [0.717, 1.165) is 36.5 Å². The molecule has 1 saturated heterocycles. The minimum atomic E-state index is -0.00120. The monoisotopic (exact) mass is 372 g/mol. The summed E-state index contributed by atoms with van der Waals surface area (Å²) in [4.78, 5) is 32.3. The number of fused-ring (bicyclic) bond motifs is 4. The molecule has 6 nitrogen and oxygen atoms in total. The maximum absolute atomic E-state index is 12.6. The number of urea groups is 1. The molecule has 0 saturated carbocycles. The number of nitrogens with one attached hydrogen (secondary N) is 1. The number of aryl methyl sites for hydroxylation is 1. The number of carbonyl (C=O) groups excluding carboxylic acids is 1. The molecule has 0 radical (unpaired) electrons. The van der Waals surface area contributed by atoms with Crippen molar-refractivity contribution in [3.8, 4) is 0 Å². The second-order valence-corrected chi connectivity index (χ2v) is 8.36. The van der Waals surface area contributed by atoms with Gasteiger partial charge in [0, 0.05) is 61.4 Å². The van der Waals surface area contributed by atoms with Crippen LogP contribution in [0.4, 0.5) is 4.79 Å². The molecule has 0 unspecified atom stereocenters. The number of rotatable bonds is 4. The molecule has 4 heterocycles. The van der Waals surface area contributed by atoms with Crippen LogP contribution in [0.25, 0.3) is 0 Å². The van der Waals surface area contributed by atoms with Crippen LogP contribution in [0.15, 0.2) is 29.2 Å². The Morgan fingerprint density at radius 2 is 2.23 bits per heavy atom. The van der Waals surface area contributed by atoms with Crippen LogP contribution in [-0.2, 0) is 19.4 Å². The Balaban J connectivity index is 1.36. The molecule has 2 aromatic heterocycles. The van der Waals surface area contributed by atoms with Crippen LogP contribution < -0.4 is 10.9 Å². The van der Waals surface area contributed by atoms with Crippen LogP contribution in [-0.4, -0.2) is 40.1 Å². The number of amides is 2. The molecule has 2 aliphatic heterocycles. The van der Waals surface area contributed by atoms with Crippen molar-refractivity contribution in [2.45, 2.75) is 38.6 Å². The summed E-state index contributed by atoms with van der Waals surface area (Å²) in [6.07, 6.45) is 4.76. The van der Waals surface area contributed by atoms with E-state index in [1.807, 2.05) is 27.8 Å². The van der Waals surface area contributed by atoms with E-state index < -0.39 is 0 Å². The molecule has 1 N–H and O–H groups in total. The van der Waals surface area contributed by atoms with Gasteiger partial charge in [0.15, 0.2) is 0 Å². The Morgan fingerprint density at radius 3 is 3.04 bits per heavy atom. The summed E-state index contributed by atoms with van der Waals surface area (Å²) >= 11 is 1.72. The van der Waals surface area contributed by atoms with Gasteiger partial charge in [0.05, 0.1) is 5.01 Å². The second-order valence-electron chi connectivity index (χ2n) is 7.16. The van der Waals surface area contributed by atoms with Crippen LogP contribution in [0.1, 0.15) is 34.8 Å². The third kappa shape index (κ3) is 3.40. The summed E-state index contributed by atoms with van der Waals surface area (Å²) in [5, 5.41) is 4.11. The zero-order valence-electron chi connectivity index (χ0n) is 15.0. The predicted octanol–water partition coefficient (Wildman–Crippen LogP) is 2.24. The van der Waals surface area contributed by atoms with Crippen molar-refractivity contribution in [2.75, 3.05) is 19.6 Å². The van der Waals surface area contributed by atoms with Gasteiger partial charge >= 0.3 is 6.03 Å². The number of nitrogens with zero attached hydrogens (tertiary/aromatic N) is 3. The molecular weight excluding hydrogens is 348 g/mol. The van der Waals surface area contributed by atoms with Gasteiger partial charge in [-0.2, -0.15) is 0 Å². The van der Waals surface area contributed by atoms with Crippen molar-refractivity contribution in [1.29, 1.82) is 0 Å². The molecule has 0 aliphatic carbocycles. The van der Waals surface area contributed by atoms with E-state index in [0.29, 0.717) is 25.6 Å². The molecule has 4 rings (SSSR count). The third-order valence-electron chi connectivity index (χ3n) is 5.33. The molecule has 7 heteroatoms. The average Bonchev–Trinajstić information content (AvgIpc) is 3.10. The third-order valence-corrected chi connectivity index (χ3v) is 6.53. The lowest BCUT2D eigenvalue weighted by molar-refractivity contribution is 0.131. The number of hydrogen-bond acceptors (Lipinski definition) is 4. The number of aromatic nitrogens is 2. The van der Waals surface area contributed by atoms with Gasteiger partial charge in [-0.1, -0.05) is 13.0 Å². The van der Waals surface area contributed by atoms with Crippen molar-refractivity contribution < 1.29 is 4.79 Å². The van der Waals surface area contributed by atoms with E-state index in [4.69, 9.17) is 0 Å². The van der Waals surface area contributed by atoms with E-state index in [1.165, 1.54) is 4.88 Å². The minimum Gasteiger partial charge on any atom is -0.338 e. The van der Waals surface area contributed by atoms with Gasteiger partial charge in [-0.3, -0.25) is 4.79 Å². The summed E-state index contributed by atoms with van der Waals surface area (Å²) in [6.45, 7) is 4.85. The molecule has 26 heavy (non-hydrogen) atoms. The summed E-state index contributed by atoms with van der Waals surface area (Å²) in [5.74, 6) is 0.617.